The summed E-state index contributed by atoms with van der Waals surface area (Å²) >= 11 is 5.60. The molecule has 0 atom stereocenters. The van der Waals surface area contributed by atoms with Gasteiger partial charge in [-0.3, -0.25) is 0 Å². The smallest absolute Gasteiger partial charge is 0.145 e. The molecular formula is C15H23ClFNO. The van der Waals surface area contributed by atoms with Crippen molar-refractivity contribution in [1.82, 2.24) is 5.32 Å². The highest BCUT2D eigenvalue weighted by atomic mass is 35.5. The summed E-state index contributed by atoms with van der Waals surface area (Å²) in [6, 6.07) is 4.54. The van der Waals surface area contributed by atoms with Crippen LogP contribution < -0.4 is 10.1 Å². The van der Waals surface area contributed by atoms with Gasteiger partial charge in [0.05, 0.1) is 11.6 Å². The first kappa shape index (κ1) is 16.3. The molecular weight excluding hydrogens is 265 g/mol. The number of halogens is 2. The molecule has 1 aromatic carbocycles. The molecule has 1 aromatic rings. The maximum atomic E-state index is 13.1. The molecule has 1 N–H and O–H groups in total. The Hall–Kier alpha value is -0.800. The van der Waals surface area contributed by atoms with Gasteiger partial charge in [-0.1, -0.05) is 31.4 Å². The van der Waals surface area contributed by atoms with Gasteiger partial charge in [-0.25, -0.2) is 4.39 Å². The van der Waals surface area contributed by atoms with Crippen LogP contribution in [-0.4, -0.2) is 19.7 Å². The zero-order valence-corrected chi connectivity index (χ0v) is 12.3. The van der Waals surface area contributed by atoms with Crippen molar-refractivity contribution in [1.29, 1.82) is 0 Å². The van der Waals surface area contributed by atoms with Gasteiger partial charge < -0.3 is 10.1 Å². The Morgan fingerprint density at radius 2 is 1.95 bits per heavy atom. The fourth-order valence-electron chi connectivity index (χ4n) is 1.76. The van der Waals surface area contributed by atoms with Crippen LogP contribution in [0.5, 0.6) is 5.75 Å². The highest BCUT2D eigenvalue weighted by molar-refractivity contribution is 6.30. The number of ether oxygens (including phenoxy) is 1. The molecule has 0 saturated heterocycles. The van der Waals surface area contributed by atoms with E-state index in [1.54, 1.807) is 6.07 Å². The van der Waals surface area contributed by atoms with Crippen molar-refractivity contribution < 1.29 is 9.13 Å². The van der Waals surface area contributed by atoms with E-state index in [9.17, 15) is 4.39 Å². The average Bonchev–Trinajstić information content (AvgIpc) is 2.41. The van der Waals surface area contributed by atoms with Crippen LogP contribution in [0.4, 0.5) is 4.39 Å². The van der Waals surface area contributed by atoms with Gasteiger partial charge in [0.1, 0.15) is 11.6 Å². The number of nitrogens with one attached hydrogen (secondary N) is 1. The van der Waals surface area contributed by atoms with Crippen molar-refractivity contribution in [2.75, 3.05) is 19.7 Å². The van der Waals surface area contributed by atoms with Crippen LogP contribution in [0.3, 0.4) is 0 Å². The summed E-state index contributed by atoms with van der Waals surface area (Å²) in [5.41, 5.74) is 0. The zero-order chi connectivity index (χ0) is 13.9. The first-order valence-corrected chi connectivity index (χ1v) is 7.40. The Labute approximate surface area is 120 Å². The topological polar surface area (TPSA) is 21.3 Å². The van der Waals surface area contributed by atoms with E-state index in [2.05, 4.69) is 12.2 Å². The molecule has 108 valence electrons. The largest absolute Gasteiger partial charge is 0.493 e. The van der Waals surface area contributed by atoms with E-state index in [0.717, 1.165) is 25.9 Å². The van der Waals surface area contributed by atoms with Gasteiger partial charge in [0.15, 0.2) is 0 Å². The fourth-order valence-corrected chi connectivity index (χ4v) is 1.88. The second-order valence-electron chi connectivity index (χ2n) is 4.59. The number of unbranched alkanes of at least 4 members (excludes halogenated alkanes) is 3. The van der Waals surface area contributed by atoms with E-state index in [1.165, 1.54) is 31.4 Å². The average molecular weight is 288 g/mol. The quantitative estimate of drug-likeness (QED) is 0.643. The third kappa shape index (κ3) is 7.38. The maximum Gasteiger partial charge on any atom is 0.145 e. The lowest BCUT2D eigenvalue weighted by Crippen LogP contribution is -2.15. The van der Waals surface area contributed by atoms with Crippen molar-refractivity contribution in [3.63, 3.8) is 0 Å². The van der Waals surface area contributed by atoms with Crippen molar-refractivity contribution in [3.8, 4) is 5.75 Å². The molecule has 0 bridgehead atoms. The molecule has 0 unspecified atom stereocenters. The molecule has 1 rings (SSSR count). The molecule has 0 aliphatic heterocycles. The van der Waals surface area contributed by atoms with Gasteiger partial charge in [-0.15, -0.1) is 0 Å². The van der Waals surface area contributed by atoms with E-state index in [4.69, 9.17) is 16.3 Å². The van der Waals surface area contributed by atoms with Crippen LogP contribution in [0.15, 0.2) is 18.2 Å². The molecule has 0 radical (unpaired) electrons. The Bertz CT molecular complexity index is 360. The summed E-state index contributed by atoms with van der Waals surface area (Å²) in [5.74, 6) is 0.118. The van der Waals surface area contributed by atoms with Crippen molar-refractivity contribution in [3.05, 3.63) is 29.0 Å². The Morgan fingerprint density at radius 1 is 1.16 bits per heavy atom. The lowest BCUT2D eigenvalue weighted by Gasteiger charge is -2.07. The van der Waals surface area contributed by atoms with Gasteiger partial charge in [-0.05, 0) is 44.5 Å². The summed E-state index contributed by atoms with van der Waals surface area (Å²) in [5, 5.41) is 3.51. The maximum absolute atomic E-state index is 13.1. The highest BCUT2D eigenvalue weighted by Crippen LogP contribution is 2.20. The van der Waals surface area contributed by atoms with Gasteiger partial charge in [0.25, 0.3) is 0 Å². The highest BCUT2D eigenvalue weighted by Gasteiger charge is 2.01. The van der Waals surface area contributed by atoms with Crippen LogP contribution in [0.2, 0.25) is 5.02 Å². The third-order valence-corrected chi connectivity index (χ3v) is 3.14. The van der Waals surface area contributed by atoms with E-state index < -0.39 is 5.82 Å². The first-order valence-electron chi connectivity index (χ1n) is 7.02. The van der Waals surface area contributed by atoms with Crippen LogP contribution in [0, 0.1) is 5.82 Å². The minimum atomic E-state index is -0.429. The van der Waals surface area contributed by atoms with Crippen LogP contribution >= 0.6 is 11.6 Å². The number of hydrogen-bond acceptors (Lipinski definition) is 2. The standard InChI is InChI=1S/C15H23ClFNO/c1-2-9-18-10-5-3-4-6-11-19-13-7-8-14(16)15(17)12-13/h7-8,12,18H,2-6,9-11H2,1H3. The van der Waals surface area contributed by atoms with E-state index in [0.29, 0.717) is 12.4 Å². The Kier molecular flexibility index (Phi) is 8.59. The molecule has 0 amide bonds. The van der Waals surface area contributed by atoms with Gasteiger partial charge in [0.2, 0.25) is 0 Å². The number of hydrogen-bond donors (Lipinski definition) is 1. The lowest BCUT2D eigenvalue weighted by atomic mass is 10.2. The van der Waals surface area contributed by atoms with Gasteiger partial charge in [0, 0.05) is 6.07 Å². The molecule has 4 heteroatoms. The molecule has 0 aliphatic carbocycles. The van der Waals surface area contributed by atoms with E-state index >= 15 is 0 Å². The second kappa shape index (κ2) is 10.0. The summed E-state index contributed by atoms with van der Waals surface area (Å²) in [6.07, 6.45) is 5.73. The SMILES string of the molecule is CCCNCCCCCCOc1ccc(Cl)c(F)c1. The van der Waals surface area contributed by atoms with Crippen LogP contribution in [0.25, 0.3) is 0 Å². The van der Waals surface area contributed by atoms with Crippen molar-refractivity contribution in [2.45, 2.75) is 39.0 Å². The lowest BCUT2D eigenvalue weighted by molar-refractivity contribution is 0.303. The molecule has 0 fully saturated rings. The second-order valence-corrected chi connectivity index (χ2v) is 5.00. The monoisotopic (exact) mass is 287 g/mol. The molecule has 0 saturated carbocycles. The normalized spacial score (nSPS) is 10.7. The molecule has 0 heterocycles. The third-order valence-electron chi connectivity index (χ3n) is 2.83. The molecule has 19 heavy (non-hydrogen) atoms. The molecule has 0 spiro atoms. The van der Waals surface area contributed by atoms with Gasteiger partial charge in [-0.2, -0.15) is 0 Å². The van der Waals surface area contributed by atoms with Crippen LogP contribution in [0.1, 0.15) is 39.0 Å². The summed E-state index contributed by atoms with van der Waals surface area (Å²) < 4.78 is 18.6. The first-order chi connectivity index (χ1) is 9.24. The summed E-state index contributed by atoms with van der Waals surface area (Å²) in [6.45, 7) is 5.00. The Balaban J connectivity index is 2.00. The van der Waals surface area contributed by atoms with E-state index in [-0.39, 0.29) is 5.02 Å². The number of benzene rings is 1. The summed E-state index contributed by atoms with van der Waals surface area (Å²) in [7, 11) is 0. The number of rotatable bonds is 10. The Morgan fingerprint density at radius 3 is 2.68 bits per heavy atom. The summed E-state index contributed by atoms with van der Waals surface area (Å²) in [4.78, 5) is 0. The minimum absolute atomic E-state index is 0.131. The molecule has 0 aliphatic rings. The zero-order valence-electron chi connectivity index (χ0n) is 11.6. The van der Waals surface area contributed by atoms with Crippen molar-refractivity contribution in [2.24, 2.45) is 0 Å². The fraction of sp³-hybridized carbons (Fsp3) is 0.600. The molecule has 0 aromatic heterocycles. The minimum Gasteiger partial charge on any atom is -0.493 e. The van der Waals surface area contributed by atoms with E-state index in [1.807, 2.05) is 0 Å². The predicted molar refractivity (Wildman–Crippen MR) is 78.5 cm³/mol. The van der Waals surface area contributed by atoms with Crippen LogP contribution in [-0.2, 0) is 0 Å². The van der Waals surface area contributed by atoms with Crippen molar-refractivity contribution >= 4 is 11.6 Å². The van der Waals surface area contributed by atoms with Gasteiger partial charge >= 0.3 is 0 Å². The molecule has 2 nitrogen and oxygen atoms in total. The predicted octanol–water partition coefficient (Wildman–Crippen LogP) is 4.42.